The van der Waals surface area contributed by atoms with Crippen LogP contribution in [0.1, 0.15) is 25.8 Å². The average Bonchev–Trinajstić information content (AvgIpc) is 2.55. The van der Waals surface area contributed by atoms with E-state index in [0.717, 1.165) is 45.8 Å². The Balaban J connectivity index is 1.84. The highest BCUT2D eigenvalue weighted by atomic mass is 16.2. The van der Waals surface area contributed by atoms with Gasteiger partial charge >= 0.3 is 0 Å². The van der Waals surface area contributed by atoms with E-state index in [2.05, 4.69) is 54.8 Å². The number of carbonyl (C=O) groups is 1. The number of likely N-dealkylation sites (N-methyl/N-ethyl adjacent to an activating group) is 1. The van der Waals surface area contributed by atoms with E-state index in [1.165, 1.54) is 11.3 Å². The Kier molecular flexibility index (Phi) is 6.25. The lowest BCUT2D eigenvalue weighted by Crippen LogP contribution is -2.49. The highest BCUT2D eigenvalue weighted by Crippen LogP contribution is 2.16. The van der Waals surface area contributed by atoms with Crippen LogP contribution in [-0.4, -0.2) is 61.5 Å². The molecule has 0 aromatic heterocycles. The first-order valence-corrected chi connectivity index (χ1v) is 8.45. The van der Waals surface area contributed by atoms with Gasteiger partial charge in [0.05, 0.1) is 0 Å². The van der Waals surface area contributed by atoms with E-state index in [4.69, 9.17) is 0 Å². The van der Waals surface area contributed by atoms with Crippen molar-refractivity contribution in [1.29, 1.82) is 0 Å². The minimum absolute atomic E-state index is 0.293. The highest BCUT2D eigenvalue weighted by Gasteiger charge is 2.20. The van der Waals surface area contributed by atoms with Gasteiger partial charge in [-0.3, -0.25) is 4.79 Å². The monoisotopic (exact) mass is 303 g/mol. The van der Waals surface area contributed by atoms with Gasteiger partial charge in [0.2, 0.25) is 5.91 Å². The minimum Gasteiger partial charge on any atom is -0.371 e. The number of piperazine rings is 1. The molecule has 4 nitrogen and oxygen atoms in total. The van der Waals surface area contributed by atoms with Gasteiger partial charge in [-0.15, -0.1) is 0 Å². The van der Waals surface area contributed by atoms with Gasteiger partial charge in [0.15, 0.2) is 0 Å². The van der Waals surface area contributed by atoms with Crippen molar-refractivity contribution in [1.82, 2.24) is 9.80 Å². The van der Waals surface area contributed by atoms with Gasteiger partial charge in [-0.2, -0.15) is 0 Å². The number of aryl methyl sites for hydroxylation is 1. The number of amides is 1. The lowest BCUT2D eigenvalue weighted by Gasteiger charge is -2.34. The quantitative estimate of drug-likeness (QED) is 0.807. The van der Waals surface area contributed by atoms with Gasteiger partial charge < -0.3 is 14.7 Å². The smallest absolute Gasteiger partial charge is 0.224 e. The van der Waals surface area contributed by atoms with Crippen LogP contribution in [0.25, 0.3) is 0 Å². The summed E-state index contributed by atoms with van der Waals surface area (Å²) in [5.74, 6) is 0.293. The molecular formula is C18H29N3O. The first kappa shape index (κ1) is 16.8. The van der Waals surface area contributed by atoms with Crippen molar-refractivity contribution in [2.75, 3.05) is 50.7 Å². The average molecular weight is 303 g/mol. The molecule has 0 saturated carbocycles. The first-order chi connectivity index (χ1) is 10.6. The van der Waals surface area contributed by atoms with Crippen molar-refractivity contribution < 1.29 is 4.79 Å². The van der Waals surface area contributed by atoms with Crippen molar-refractivity contribution in [2.45, 2.75) is 27.2 Å². The molecule has 22 heavy (non-hydrogen) atoms. The molecule has 0 atom stereocenters. The van der Waals surface area contributed by atoms with Crippen LogP contribution < -0.4 is 4.90 Å². The van der Waals surface area contributed by atoms with Crippen molar-refractivity contribution in [3.63, 3.8) is 0 Å². The fourth-order valence-corrected chi connectivity index (χ4v) is 3.00. The van der Waals surface area contributed by atoms with Crippen LogP contribution in [0.15, 0.2) is 24.3 Å². The molecule has 0 bridgehead atoms. The molecule has 1 aromatic rings. The molecule has 122 valence electrons. The molecule has 1 aromatic carbocycles. The Morgan fingerprint density at radius 2 is 1.91 bits per heavy atom. The summed E-state index contributed by atoms with van der Waals surface area (Å²) in [7, 11) is 0. The van der Waals surface area contributed by atoms with E-state index in [1.807, 2.05) is 4.90 Å². The zero-order chi connectivity index (χ0) is 15.9. The second-order valence-corrected chi connectivity index (χ2v) is 5.98. The van der Waals surface area contributed by atoms with E-state index >= 15 is 0 Å². The van der Waals surface area contributed by atoms with Crippen molar-refractivity contribution in [3.05, 3.63) is 29.8 Å². The van der Waals surface area contributed by atoms with E-state index in [-0.39, 0.29) is 0 Å². The van der Waals surface area contributed by atoms with E-state index < -0.39 is 0 Å². The Labute approximate surface area is 134 Å². The number of hydrogen-bond acceptors (Lipinski definition) is 3. The molecule has 4 heteroatoms. The summed E-state index contributed by atoms with van der Waals surface area (Å²) in [4.78, 5) is 19.1. The van der Waals surface area contributed by atoms with E-state index in [1.54, 1.807) is 0 Å². The van der Waals surface area contributed by atoms with Gasteiger partial charge in [-0.1, -0.05) is 19.1 Å². The molecule has 0 spiro atoms. The van der Waals surface area contributed by atoms with Crippen LogP contribution in [0.2, 0.25) is 0 Å². The molecular weight excluding hydrogens is 274 g/mol. The van der Waals surface area contributed by atoms with Gasteiger partial charge in [-0.25, -0.2) is 0 Å². The fourth-order valence-electron chi connectivity index (χ4n) is 3.00. The number of nitrogens with zero attached hydrogens (tertiary/aromatic N) is 3. The topological polar surface area (TPSA) is 26.8 Å². The predicted molar refractivity (Wildman–Crippen MR) is 92.4 cm³/mol. The van der Waals surface area contributed by atoms with Crippen LogP contribution >= 0.6 is 0 Å². The van der Waals surface area contributed by atoms with Gasteiger partial charge in [-0.05, 0) is 38.1 Å². The number of hydrogen-bond donors (Lipinski definition) is 0. The third-order valence-corrected chi connectivity index (χ3v) is 4.52. The van der Waals surface area contributed by atoms with Crippen LogP contribution in [0.3, 0.4) is 0 Å². The Hall–Kier alpha value is -1.55. The second-order valence-electron chi connectivity index (χ2n) is 5.98. The normalized spacial score (nSPS) is 15.9. The van der Waals surface area contributed by atoms with Crippen LogP contribution in [-0.2, 0) is 4.79 Å². The van der Waals surface area contributed by atoms with Gasteiger partial charge in [0, 0.05) is 51.4 Å². The van der Waals surface area contributed by atoms with Crippen LogP contribution in [0.5, 0.6) is 0 Å². The van der Waals surface area contributed by atoms with E-state index in [0.29, 0.717) is 12.3 Å². The molecule has 1 amide bonds. The molecule has 1 heterocycles. The Morgan fingerprint density at radius 1 is 1.18 bits per heavy atom. The molecule has 1 aliphatic heterocycles. The number of rotatable bonds is 6. The van der Waals surface area contributed by atoms with Crippen molar-refractivity contribution in [2.24, 2.45) is 0 Å². The fraction of sp³-hybridized carbons (Fsp3) is 0.611. The molecule has 0 unspecified atom stereocenters. The molecule has 0 radical (unpaired) electrons. The third-order valence-electron chi connectivity index (χ3n) is 4.52. The summed E-state index contributed by atoms with van der Waals surface area (Å²) >= 11 is 0. The minimum atomic E-state index is 0.293. The Bertz CT molecular complexity index is 481. The lowest BCUT2D eigenvalue weighted by molar-refractivity contribution is -0.132. The second kappa shape index (κ2) is 8.18. The molecule has 1 fully saturated rings. The summed E-state index contributed by atoms with van der Waals surface area (Å²) in [5, 5.41) is 0. The summed E-state index contributed by atoms with van der Waals surface area (Å²) < 4.78 is 0. The first-order valence-electron chi connectivity index (χ1n) is 8.45. The summed E-state index contributed by atoms with van der Waals surface area (Å²) in [6, 6.07) is 8.50. The number of carbonyl (C=O) groups excluding carboxylic acids is 1. The molecule has 1 aliphatic rings. The van der Waals surface area contributed by atoms with E-state index in [9.17, 15) is 4.79 Å². The standard InChI is InChI=1S/C18H29N3O/c1-4-19-11-13-21(14-12-19)18(22)9-10-20(5-2)17-8-6-7-16(3)15-17/h6-8,15H,4-5,9-14H2,1-3H3. The molecule has 0 aliphatic carbocycles. The Morgan fingerprint density at radius 3 is 2.50 bits per heavy atom. The summed E-state index contributed by atoms with van der Waals surface area (Å²) in [6.07, 6.45) is 0.605. The maximum absolute atomic E-state index is 12.4. The predicted octanol–water partition coefficient (Wildman–Crippen LogP) is 2.38. The van der Waals surface area contributed by atoms with Gasteiger partial charge in [0.1, 0.15) is 0 Å². The summed E-state index contributed by atoms with van der Waals surface area (Å²) in [6.45, 7) is 13.0. The van der Waals surface area contributed by atoms with Crippen molar-refractivity contribution in [3.8, 4) is 0 Å². The maximum atomic E-state index is 12.4. The zero-order valence-electron chi connectivity index (χ0n) is 14.2. The van der Waals surface area contributed by atoms with Crippen LogP contribution in [0.4, 0.5) is 5.69 Å². The number of anilines is 1. The number of benzene rings is 1. The SMILES string of the molecule is CCN1CCN(C(=O)CCN(CC)c2cccc(C)c2)CC1. The highest BCUT2D eigenvalue weighted by molar-refractivity contribution is 5.77. The lowest BCUT2D eigenvalue weighted by atomic mass is 10.2. The zero-order valence-corrected chi connectivity index (χ0v) is 14.2. The molecule has 1 saturated heterocycles. The molecule has 0 N–H and O–H groups in total. The van der Waals surface area contributed by atoms with Gasteiger partial charge in [0.25, 0.3) is 0 Å². The largest absolute Gasteiger partial charge is 0.371 e. The maximum Gasteiger partial charge on any atom is 0.224 e. The van der Waals surface area contributed by atoms with Crippen LogP contribution in [0, 0.1) is 6.92 Å². The summed E-state index contributed by atoms with van der Waals surface area (Å²) in [5.41, 5.74) is 2.48. The third kappa shape index (κ3) is 4.47. The van der Waals surface area contributed by atoms with Crippen molar-refractivity contribution >= 4 is 11.6 Å². The molecule has 2 rings (SSSR count).